The Morgan fingerprint density at radius 3 is 2.64 bits per heavy atom. The van der Waals surface area contributed by atoms with E-state index in [0.29, 0.717) is 22.4 Å². The Balaban J connectivity index is 2.70. The molecule has 0 saturated heterocycles. The lowest BCUT2D eigenvalue weighted by molar-refractivity contribution is 0.626. The van der Waals surface area contributed by atoms with E-state index in [1.165, 1.54) is 18.2 Å². The highest BCUT2D eigenvalue weighted by atomic mass is 19.1. The fourth-order valence-electron chi connectivity index (χ4n) is 2.11. The van der Waals surface area contributed by atoms with Gasteiger partial charge in [0.2, 0.25) is 6.19 Å². The maximum Gasteiger partial charge on any atom is 0.268 e. The van der Waals surface area contributed by atoms with Gasteiger partial charge in [-0.25, -0.2) is 14.5 Å². The molecule has 0 radical (unpaired) electrons. The summed E-state index contributed by atoms with van der Waals surface area (Å²) in [4.78, 5) is 6.87. The van der Waals surface area contributed by atoms with Crippen molar-refractivity contribution < 1.29 is 4.39 Å². The van der Waals surface area contributed by atoms with Crippen molar-refractivity contribution >= 4 is 11.3 Å². The van der Waals surface area contributed by atoms with E-state index < -0.39 is 5.82 Å². The number of nitriles is 2. The summed E-state index contributed by atoms with van der Waals surface area (Å²) in [5, 5.41) is 17.7. The van der Waals surface area contributed by atoms with Crippen LogP contribution in [0.25, 0.3) is 10.4 Å². The first-order chi connectivity index (χ1) is 10.6. The van der Waals surface area contributed by atoms with Crippen LogP contribution in [-0.2, 0) is 0 Å². The third kappa shape index (κ3) is 2.98. The molecule has 0 N–H and O–H groups in total. The molecule has 1 aromatic rings. The van der Waals surface area contributed by atoms with Gasteiger partial charge in [-0.2, -0.15) is 10.3 Å². The van der Waals surface area contributed by atoms with Crippen molar-refractivity contribution in [3.63, 3.8) is 0 Å². The first-order valence-corrected chi connectivity index (χ1v) is 6.25. The monoisotopic (exact) mass is 288 g/mol. The molecule has 104 valence electrons. The third-order valence-electron chi connectivity index (χ3n) is 3.01. The summed E-state index contributed by atoms with van der Waals surface area (Å²) >= 11 is 0. The summed E-state index contributed by atoms with van der Waals surface area (Å²) < 4.78 is 13.6. The van der Waals surface area contributed by atoms with Crippen LogP contribution < -0.4 is 0 Å². The van der Waals surface area contributed by atoms with E-state index in [1.54, 1.807) is 31.3 Å². The molecule has 2 rings (SSSR count). The number of rotatable bonds is 1. The van der Waals surface area contributed by atoms with Crippen molar-refractivity contribution in [3.05, 3.63) is 76.1 Å². The quantitative estimate of drug-likeness (QED) is 0.449. The average molecular weight is 288 g/mol. The molecule has 4 nitrogen and oxygen atoms in total. The predicted molar refractivity (Wildman–Crippen MR) is 80.5 cm³/mol. The normalized spacial score (nSPS) is 17.2. The van der Waals surface area contributed by atoms with Gasteiger partial charge in [-0.15, -0.1) is 0 Å². The Kier molecular flexibility index (Phi) is 4.27. The van der Waals surface area contributed by atoms with Gasteiger partial charge in [0.05, 0.1) is 18.4 Å². The van der Waals surface area contributed by atoms with Crippen LogP contribution in [0.1, 0.15) is 11.1 Å². The second-order valence-electron chi connectivity index (χ2n) is 4.53. The van der Waals surface area contributed by atoms with Crippen molar-refractivity contribution in [2.45, 2.75) is 6.92 Å². The first kappa shape index (κ1) is 14.9. The highest BCUT2D eigenvalue weighted by Crippen LogP contribution is 2.27. The van der Waals surface area contributed by atoms with Crippen molar-refractivity contribution in [3.8, 4) is 12.3 Å². The van der Waals surface area contributed by atoms with Crippen LogP contribution in [0.4, 0.5) is 4.39 Å². The van der Waals surface area contributed by atoms with Crippen LogP contribution in [0, 0.1) is 42.1 Å². The van der Waals surface area contributed by atoms with E-state index in [-0.39, 0.29) is 5.70 Å². The van der Waals surface area contributed by atoms with Crippen molar-refractivity contribution in [1.29, 1.82) is 10.5 Å². The Morgan fingerprint density at radius 1 is 1.27 bits per heavy atom. The molecule has 1 aliphatic rings. The zero-order valence-electron chi connectivity index (χ0n) is 11.6. The largest absolute Gasteiger partial charge is 0.268 e. The van der Waals surface area contributed by atoms with Gasteiger partial charge in [0.25, 0.3) is 5.70 Å². The van der Waals surface area contributed by atoms with Gasteiger partial charge >= 0.3 is 0 Å². The number of allylic oxidation sites excluding steroid dienone is 6. The van der Waals surface area contributed by atoms with Gasteiger partial charge in [-0.05, 0) is 41.8 Å². The van der Waals surface area contributed by atoms with Gasteiger partial charge in [0.15, 0.2) is 0 Å². The molecule has 0 fully saturated rings. The maximum absolute atomic E-state index is 13.6. The molecular formula is C17H9FN4. The molecule has 0 unspecified atom stereocenters. The van der Waals surface area contributed by atoms with Gasteiger partial charge in [0.1, 0.15) is 5.82 Å². The number of aliphatic imine (C=N–C) groups is 1. The van der Waals surface area contributed by atoms with E-state index >= 15 is 0 Å². The highest BCUT2D eigenvalue weighted by molar-refractivity contribution is 6.31. The molecule has 0 spiro atoms. The van der Waals surface area contributed by atoms with E-state index in [9.17, 15) is 4.39 Å². The topological polar surface area (TPSA) is 64.3 Å². The molecule has 1 aliphatic carbocycles. The van der Waals surface area contributed by atoms with Crippen molar-refractivity contribution in [1.82, 2.24) is 0 Å². The molecule has 0 aromatic heterocycles. The number of benzene rings is 1. The Labute approximate surface area is 127 Å². The second kappa shape index (κ2) is 6.31. The third-order valence-corrected chi connectivity index (χ3v) is 3.01. The molecule has 0 amide bonds. The van der Waals surface area contributed by atoms with E-state index in [0.717, 1.165) is 5.56 Å². The van der Waals surface area contributed by atoms with Gasteiger partial charge in [-0.3, -0.25) is 0 Å². The summed E-state index contributed by atoms with van der Waals surface area (Å²) in [5.74, 6) is -0.405. The summed E-state index contributed by atoms with van der Waals surface area (Å²) in [5.41, 5.74) is 2.45. The van der Waals surface area contributed by atoms with Crippen LogP contribution in [0.3, 0.4) is 0 Å². The molecule has 5 heteroatoms. The Hall–Kier alpha value is -3.49. The van der Waals surface area contributed by atoms with Gasteiger partial charge in [-0.1, -0.05) is 18.2 Å². The van der Waals surface area contributed by atoms with Crippen molar-refractivity contribution in [2.75, 3.05) is 0 Å². The molecule has 1 aromatic carbocycles. The number of hydrogen-bond donors (Lipinski definition) is 0. The second-order valence-corrected chi connectivity index (χ2v) is 4.53. The first-order valence-electron chi connectivity index (χ1n) is 6.25. The molecule has 0 atom stereocenters. The van der Waals surface area contributed by atoms with E-state index in [2.05, 4.69) is 9.84 Å². The Morgan fingerprint density at radius 2 is 2.05 bits per heavy atom. The smallest absolute Gasteiger partial charge is 0.226 e. The fourth-order valence-corrected chi connectivity index (χ4v) is 2.11. The van der Waals surface area contributed by atoms with Crippen LogP contribution in [-0.4, -0.2) is 5.71 Å². The van der Waals surface area contributed by atoms with Crippen molar-refractivity contribution in [2.24, 2.45) is 4.99 Å². The summed E-state index contributed by atoms with van der Waals surface area (Å²) in [6.07, 6.45) is 6.35. The minimum atomic E-state index is -0.405. The lowest BCUT2D eigenvalue weighted by Crippen LogP contribution is -2.04. The highest BCUT2D eigenvalue weighted by Gasteiger charge is 2.15. The van der Waals surface area contributed by atoms with E-state index in [4.69, 9.17) is 17.1 Å². The average Bonchev–Trinajstić information content (AvgIpc) is 2.49. The zero-order valence-corrected chi connectivity index (χ0v) is 11.6. The summed E-state index contributed by atoms with van der Waals surface area (Å²) in [7, 11) is 0. The van der Waals surface area contributed by atoms with Crippen LogP contribution in [0.5, 0.6) is 0 Å². The van der Waals surface area contributed by atoms with Gasteiger partial charge in [0, 0.05) is 5.57 Å². The lowest BCUT2D eigenvalue weighted by atomic mass is 9.92. The summed E-state index contributed by atoms with van der Waals surface area (Å²) in [6, 6.07) is 6.28. The molecule has 0 aliphatic heterocycles. The molecular weight excluding hydrogens is 279 g/mol. The van der Waals surface area contributed by atoms with Crippen LogP contribution in [0.2, 0.25) is 0 Å². The fraction of sp³-hybridized carbons (Fsp3) is 0.0588. The molecule has 0 heterocycles. The molecule has 0 saturated carbocycles. The number of halogens is 1. The number of nitrogens with zero attached hydrogens (tertiary/aromatic N) is 4. The SMILES string of the molecule is [C-]#[N+]/C(C#N)=C1\C=CC(=NC#N)C(c2cc(C)cc(F)c2)=C1. The number of hydrogen-bond acceptors (Lipinski definition) is 3. The molecule has 0 bridgehead atoms. The predicted octanol–water partition coefficient (Wildman–Crippen LogP) is 3.71. The Bertz CT molecular complexity index is 844. The van der Waals surface area contributed by atoms with Gasteiger partial charge < -0.3 is 0 Å². The molecule has 22 heavy (non-hydrogen) atoms. The summed E-state index contributed by atoms with van der Waals surface area (Å²) in [6.45, 7) is 8.76. The lowest BCUT2D eigenvalue weighted by Gasteiger charge is -2.13. The van der Waals surface area contributed by atoms with E-state index in [1.807, 2.05) is 6.07 Å². The maximum atomic E-state index is 13.6. The number of aryl methyl sites for hydroxylation is 1. The standard InChI is InChI=1S/C17H9FN4/c1-11-5-13(7-14(18)6-11)15-8-12(17(9-19)21-2)3-4-16(15)22-10-20/h3-8H,1H3/b17-12+,22-16?. The minimum Gasteiger partial charge on any atom is -0.226 e. The zero-order chi connectivity index (χ0) is 16.1. The van der Waals surface area contributed by atoms with Crippen LogP contribution >= 0.6 is 0 Å². The van der Waals surface area contributed by atoms with Crippen LogP contribution in [0.15, 0.2) is 52.7 Å². The minimum absolute atomic E-state index is 0.0714.